The van der Waals surface area contributed by atoms with Gasteiger partial charge in [-0.2, -0.15) is 5.06 Å². The van der Waals surface area contributed by atoms with Crippen LogP contribution in [0.5, 0.6) is 0 Å². The molecule has 0 aromatic rings. The van der Waals surface area contributed by atoms with Crippen molar-refractivity contribution < 1.29 is 19.5 Å². The van der Waals surface area contributed by atoms with E-state index in [0.29, 0.717) is 6.54 Å². The van der Waals surface area contributed by atoms with Crippen molar-refractivity contribution in [1.29, 1.82) is 0 Å². The molecule has 2 rings (SSSR count). The molecule has 1 heterocycles. The number of carbonyl (C=O) groups is 1. The molecule has 5 nitrogen and oxygen atoms in total. The van der Waals surface area contributed by atoms with Crippen molar-refractivity contribution >= 4 is 5.97 Å². The highest BCUT2D eigenvalue weighted by molar-refractivity contribution is 5.75. The monoisotopic (exact) mass is 243 g/mol. The van der Waals surface area contributed by atoms with Gasteiger partial charge < -0.3 is 9.84 Å². The fourth-order valence-corrected chi connectivity index (χ4v) is 2.71. The third kappa shape index (κ3) is 2.97. The Bertz CT molecular complexity index is 265. The number of ether oxygens (including phenoxy) is 1. The van der Waals surface area contributed by atoms with E-state index in [1.54, 1.807) is 5.06 Å². The van der Waals surface area contributed by atoms with Crippen molar-refractivity contribution in [2.75, 3.05) is 13.7 Å². The van der Waals surface area contributed by atoms with Crippen molar-refractivity contribution in [3.63, 3.8) is 0 Å². The van der Waals surface area contributed by atoms with Crippen molar-refractivity contribution in [3.8, 4) is 0 Å². The van der Waals surface area contributed by atoms with Crippen molar-refractivity contribution in [1.82, 2.24) is 5.06 Å². The number of esters is 1. The Kier molecular flexibility index (Phi) is 4.36. The zero-order chi connectivity index (χ0) is 12.3. The van der Waals surface area contributed by atoms with Gasteiger partial charge in [-0.05, 0) is 25.7 Å². The zero-order valence-corrected chi connectivity index (χ0v) is 10.3. The van der Waals surface area contributed by atoms with Crippen LogP contribution >= 0.6 is 0 Å². The lowest BCUT2D eigenvalue weighted by Gasteiger charge is -2.27. The minimum Gasteiger partial charge on any atom is -0.468 e. The van der Waals surface area contributed by atoms with E-state index in [1.165, 1.54) is 7.11 Å². The summed E-state index contributed by atoms with van der Waals surface area (Å²) >= 11 is 0. The average Bonchev–Trinajstić information content (AvgIpc) is 2.98. The Morgan fingerprint density at radius 1 is 1.29 bits per heavy atom. The highest BCUT2D eigenvalue weighted by Gasteiger charge is 2.35. The fourth-order valence-electron chi connectivity index (χ4n) is 2.71. The van der Waals surface area contributed by atoms with Crippen LogP contribution in [0.3, 0.4) is 0 Å². The van der Waals surface area contributed by atoms with Gasteiger partial charge in [0.05, 0.1) is 7.11 Å². The molecule has 5 heteroatoms. The van der Waals surface area contributed by atoms with Crippen LogP contribution in [0.15, 0.2) is 0 Å². The van der Waals surface area contributed by atoms with Crippen LogP contribution in [0.2, 0.25) is 0 Å². The van der Waals surface area contributed by atoms with E-state index in [0.717, 1.165) is 38.5 Å². The van der Waals surface area contributed by atoms with E-state index in [-0.39, 0.29) is 17.9 Å². The number of rotatable bonds is 4. The smallest absolute Gasteiger partial charge is 0.325 e. The molecule has 2 aliphatic rings. The van der Waals surface area contributed by atoms with Gasteiger partial charge in [0, 0.05) is 12.5 Å². The lowest BCUT2D eigenvalue weighted by molar-refractivity contribution is -0.285. The fraction of sp³-hybridized carbons (Fsp3) is 0.917. The number of carbonyl (C=O) groups excluding carboxylic acids is 1. The summed E-state index contributed by atoms with van der Waals surface area (Å²) in [6.45, 7) is 0.684. The van der Waals surface area contributed by atoms with Crippen LogP contribution in [0.1, 0.15) is 38.5 Å². The molecule has 0 spiro atoms. The van der Waals surface area contributed by atoms with Crippen molar-refractivity contribution in [2.45, 2.75) is 50.9 Å². The largest absolute Gasteiger partial charge is 0.468 e. The first kappa shape index (κ1) is 12.8. The third-order valence-electron chi connectivity index (χ3n) is 3.72. The summed E-state index contributed by atoms with van der Waals surface area (Å²) in [6, 6.07) is -0.351. The van der Waals surface area contributed by atoms with Crippen molar-refractivity contribution in [3.05, 3.63) is 0 Å². The number of hydrogen-bond acceptors (Lipinski definition) is 5. The first-order valence-electron chi connectivity index (χ1n) is 6.41. The number of aliphatic hydroxyl groups is 1. The molecule has 17 heavy (non-hydrogen) atoms. The Balaban J connectivity index is 1.86. The Labute approximate surface area is 102 Å². The molecule has 98 valence electrons. The van der Waals surface area contributed by atoms with Gasteiger partial charge in [0.15, 0.2) is 6.29 Å². The molecule has 0 bridgehead atoms. The lowest BCUT2D eigenvalue weighted by atomic mass is 10.1. The Morgan fingerprint density at radius 3 is 2.65 bits per heavy atom. The summed E-state index contributed by atoms with van der Waals surface area (Å²) < 4.78 is 4.73. The highest BCUT2D eigenvalue weighted by Crippen LogP contribution is 2.30. The summed E-state index contributed by atoms with van der Waals surface area (Å²) in [5, 5.41) is 11.6. The minimum atomic E-state index is -0.775. The summed E-state index contributed by atoms with van der Waals surface area (Å²) in [4.78, 5) is 17.0. The molecule has 0 radical (unpaired) electrons. The molecule has 1 N–H and O–H groups in total. The van der Waals surface area contributed by atoms with Gasteiger partial charge in [-0.3, -0.25) is 9.63 Å². The molecule has 0 amide bonds. The number of aliphatic hydroxyl groups excluding tert-OH is 1. The zero-order valence-electron chi connectivity index (χ0n) is 10.3. The molecule has 2 fully saturated rings. The maximum Gasteiger partial charge on any atom is 0.325 e. The standard InChI is InChI=1S/C12H21NO4/c1-16-12(15)10-7-4-8-13(10)17-11(14)9-5-2-3-6-9/h9-11,14H,2-8H2,1H3/t10-,11-/m0/s1. The van der Waals surface area contributed by atoms with Gasteiger partial charge in [-0.15, -0.1) is 0 Å². The second-order valence-corrected chi connectivity index (χ2v) is 4.86. The molecule has 1 aliphatic heterocycles. The SMILES string of the molecule is COC(=O)[C@@H]1CCCN1O[C@H](O)C1CCCC1. The van der Waals surface area contributed by atoms with Gasteiger partial charge in [-0.1, -0.05) is 12.8 Å². The number of hydroxylamine groups is 2. The van der Waals surface area contributed by atoms with Crippen LogP contribution in [0, 0.1) is 5.92 Å². The summed E-state index contributed by atoms with van der Waals surface area (Å²) in [5.74, 6) is -0.0602. The molecule has 1 saturated heterocycles. The van der Waals surface area contributed by atoms with Gasteiger partial charge in [-0.25, -0.2) is 0 Å². The van der Waals surface area contributed by atoms with Crippen LogP contribution in [0.4, 0.5) is 0 Å². The van der Waals surface area contributed by atoms with E-state index in [1.807, 2.05) is 0 Å². The molecular formula is C12H21NO4. The summed E-state index contributed by atoms with van der Waals surface area (Å²) in [6.07, 6.45) is 5.20. The molecule has 2 atom stereocenters. The third-order valence-corrected chi connectivity index (χ3v) is 3.72. The molecule has 0 aromatic heterocycles. The molecule has 1 aliphatic carbocycles. The lowest BCUT2D eigenvalue weighted by Crippen LogP contribution is -2.41. The average molecular weight is 243 g/mol. The maximum atomic E-state index is 11.5. The first-order chi connectivity index (χ1) is 8.22. The predicted octanol–water partition coefficient (Wildman–Crippen LogP) is 1.06. The van der Waals surface area contributed by atoms with Gasteiger partial charge in [0.25, 0.3) is 0 Å². The van der Waals surface area contributed by atoms with Crippen LogP contribution < -0.4 is 0 Å². The van der Waals surface area contributed by atoms with E-state index >= 15 is 0 Å². The Hall–Kier alpha value is -0.650. The number of methoxy groups -OCH3 is 1. The first-order valence-corrected chi connectivity index (χ1v) is 6.41. The van der Waals surface area contributed by atoms with Crippen LogP contribution in [-0.2, 0) is 14.4 Å². The van der Waals surface area contributed by atoms with Crippen molar-refractivity contribution in [2.24, 2.45) is 5.92 Å². The van der Waals surface area contributed by atoms with E-state index in [4.69, 9.17) is 9.57 Å². The molecule has 1 saturated carbocycles. The Morgan fingerprint density at radius 2 is 2.00 bits per heavy atom. The van der Waals surface area contributed by atoms with E-state index in [9.17, 15) is 9.90 Å². The van der Waals surface area contributed by atoms with E-state index in [2.05, 4.69) is 0 Å². The quantitative estimate of drug-likeness (QED) is 0.591. The minimum absolute atomic E-state index is 0.217. The second-order valence-electron chi connectivity index (χ2n) is 4.86. The molecule has 0 aromatic carbocycles. The molecule has 0 unspecified atom stereocenters. The predicted molar refractivity (Wildman–Crippen MR) is 60.8 cm³/mol. The summed E-state index contributed by atoms with van der Waals surface area (Å²) in [7, 11) is 1.38. The van der Waals surface area contributed by atoms with E-state index < -0.39 is 6.29 Å². The molecular weight excluding hydrogens is 222 g/mol. The van der Waals surface area contributed by atoms with Gasteiger partial charge >= 0.3 is 5.97 Å². The van der Waals surface area contributed by atoms with Crippen LogP contribution in [-0.4, -0.2) is 42.1 Å². The number of nitrogens with zero attached hydrogens (tertiary/aromatic N) is 1. The van der Waals surface area contributed by atoms with Crippen LogP contribution in [0.25, 0.3) is 0 Å². The van der Waals surface area contributed by atoms with Gasteiger partial charge in [0.2, 0.25) is 0 Å². The number of hydrogen-bond donors (Lipinski definition) is 1. The normalized spacial score (nSPS) is 28.5. The maximum absolute atomic E-state index is 11.5. The van der Waals surface area contributed by atoms with Gasteiger partial charge in [0.1, 0.15) is 6.04 Å². The highest BCUT2D eigenvalue weighted by atomic mass is 16.8. The summed E-state index contributed by atoms with van der Waals surface area (Å²) in [5.41, 5.74) is 0. The topological polar surface area (TPSA) is 59.0 Å². The second kappa shape index (κ2) is 5.80.